The molecule has 1 saturated heterocycles. The lowest BCUT2D eigenvalue weighted by atomic mass is 9.96. The summed E-state index contributed by atoms with van der Waals surface area (Å²) in [5.74, 6) is -0.0378. The van der Waals surface area contributed by atoms with Crippen LogP contribution in [0.5, 0.6) is 0 Å². The second-order valence-electron chi connectivity index (χ2n) is 5.28. The first-order valence-electron chi connectivity index (χ1n) is 6.66. The number of amides is 1. The molecular weight excluding hydrogens is 242 g/mol. The van der Waals surface area contributed by atoms with Gasteiger partial charge in [0.1, 0.15) is 5.60 Å². The van der Waals surface area contributed by atoms with Crippen molar-refractivity contribution in [1.29, 1.82) is 0 Å². The highest BCUT2D eigenvalue weighted by atomic mass is 16.5. The molecule has 0 radical (unpaired) electrons. The molecule has 1 aromatic rings. The van der Waals surface area contributed by atoms with E-state index in [-0.39, 0.29) is 18.6 Å². The monoisotopic (exact) mass is 263 g/mol. The Morgan fingerprint density at radius 1 is 1.42 bits per heavy atom. The van der Waals surface area contributed by atoms with Gasteiger partial charge >= 0.3 is 0 Å². The first-order valence-corrected chi connectivity index (χ1v) is 6.66. The number of aliphatic hydroxyl groups is 1. The number of carbonyl (C=O) groups excluding carboxylic acids is 1. The van der Waals surface area contributed by atoms with Crippen LogP contribution < -0.4 is 0 Å². The molecule has 1 aromatic carbocycles. The zero-order valence-corrected chi connectivity index (χ0v) is 11.5. The Bertz CT molecular complexity index is 434. The third-order valence-corrected chi connectivity index (χ3v) is 3.67. The van der Waals surface area contributed by atoms with Crippen LogP contribution >= 0.6 is 0 Å². The Hall–Kier alpha value is -1.39. The third kappa shape index (κ3) is 2.96. The standard InChI is InChI=1S/C15H21NO3/c1-12-11-19-15(2,8-9-17)14(18)16(12)10-13-6-4-3-5-7-13/h3-7,12,17H,8-11H2,1-2H3/t12-,15?/m1/s1. The van der Waals surface area contributed by atoms with Crippen molar-refractivity contribution in [2.24, 2.45) is 0 Å². The number of hydrogen-bond donors (Lipinski definition) is 1. The lowest BCUT2D eigenvalue weighted by Crippen LogP contribution is -2.58. The van der Waals surface area contributed by atoms with Gasteiger partial charge in [-0.2, -0.15) is 0 Å². The number of aliphatic hydroxyl groups excluding tert-OH is 1. The summed E-state index contributed by atoms with van der Waals surface area (Å²) in [6.07, 6.45) is 0.337. The minimum absolute atomic E-state index is 0.0378. The molecule has 1 unspecified atom stereocenters. The fourth-order valence-electron chi connectivity index (χ4n) is 2.36. The molecule has 19 heavy (non-hydrogen) atoms. The van der Waals surface area contributed by atoms with Gasteiger partial charge < -0.3 is 14.7 Å². The number of nitrogens with zero attached hydrogens (tertiary/aromatic N) is 1. The highest BCUT2D eigenvalue weighted by Crippen LogP contribution is 2.27. The molecule has 1 N–H and O–H groups in total. The molecule has 1 fully saturated rings. The van der Waals surface area contributed by atoms with Crippen LogP contribution in [-0.2, 0) is 16.1 Å². The Kier molecular flexibility index (Phi) is 4.22. The van der Waals surface area contributed by atoms with Crippen LogP contribution in [0.2, 0.25) is 0 Å². The first kappa shape index (κ1) is 14.0. The topological polar surface area (TPSA) is 49.8 Å². The van der Waals surface area contributed by atoms with Crippen LogP contribution in [0.25, 0.3) is 0 Å². The first-order chi connectivity index (χ1) is 9.07. The Balaban J connectivity index is 2.15. The van der Waals surface area contributed by atoms with Crippen molar-refractivity contribution >= 4 is 5.91 Å². The van der Waals surface area contributed by atoms with Crippen LogP contribution in [0.3, 0.4) is 0 Å². The van der Waals surface area contributed by atoms with Gasteiger partial charge in [-0.15, -0.1) is 0 Å². The van der Waals surface area contributed by atoms with Crippen molar-refractivity contribution in [2.75, 3.05) is 13.2 Å². The van der Waals surface area contributed by atoms with Crippen molar-refractivity contribution in [3.05, 3.63) is 35.9 Å². The molecule has 0 bridgehead atoms. The van der Waals surface area contributed by atoms with E-state index in [0.29, 0.717) is 19.6 Å². The summed E-state index contributed by atoms with van der Waals surface area (Å²) in [6, 6.07) is 9.98. The van der Waals surface area contributed by atoms with Crippen molar-refractivity contribution in [2.45, 2.75) is 38.5 Å². The van der Waals surface area contributed by atoms with Crippen LogP contribution in [0, 0.1) is 0 Å². The number of morpholine rings is 1. The second-order valence-corrected chi connectivity index (χ2v) is 5.28. The summed E-state index contributed by atoms with van der Waals surface area (Å²) in [6.45, 7) is 4.80. The summed E-state index contributed by atoms with van der Waals surface area (Å²) >= 11 is 0. The van der Waals surface area contributed by atoms with E-state index in [0.717, 1.165) is 5.56 Å². The molecular formula is C15H21NO3. The van der Waals surface area contributed by atoms with Gasteiger partial charge in [0.05, 0.1) is 12.6 Å². The van der Waals surface area contributed by atoms with Gasteiger partial charge in [0.15, 0.2) is 0 Å². The van der Waals surface area contributed by atoms with Crippen molar-refractivity contribution in [3.8, 4) is 0 Å². The Morgan fingerprint density at radius 3 is 2.74 bits per heavy atom. The lowest BCUT2D eigenvalue weighted by Gasteiger charge is -2.43. The third-order valence-electron chi connectivity index (χ3n) is 3.67. The highest BCUT2D eigenvalue weighted by molar-refractivity contribution is 5.85. The quantitative estimate of drug-likeness (QED) is 0.897. The van der Waals surface area contributed by atoms with Crippen molar-refractivity contribution in [1.82, 2.24) is 4.90 Å². The molecule has 1 aliphatic rings. The maximum Gasteiger partial charge on any atom is 0.255 e. The van der Waals surface area contributed by atoms with E-state index in [2.05, 4.69) is 0 Å². The largest absolute Gasteiger partial charge is 0.396 e. The molecule has 2 rings (SSSR count). The Labute approximate surface area is 114 Å². The van der Waals surface area contributed by atoms with Gasteiger partial charge in [-0.05, 0) is 19.4 Å². The molecule has 1 heterocycles. The highest BCUT2D eigenvalue weighted by Gasteiger charge is 2.43. The maximum atomic E-state index is 12.5. The molecule has 104 valence electrons. The smallest absolute Gasteiger partial charge is 0.255 e. The molecule has 1 aliphatic heterocycles. The fraction of sp³-hybridized carbons (Fsp3) is 0.533. The predicted octanol–water partition coefficient (Wildman–Crippen LogP) is 1.57. The van der Waals surface area contributed by atoms with E-state index in [4.69, 9.17) is 9.84 Å². The van der Waals surface area contributed by atoms with Crippen LogP contribution in [0.4, 0.5) is 0 Å². The summed E-state index contributed by atoms with van der Waals surface area (Å²) in [7, 11) is 0. The summed E-state index contributed by atoms with van der Waals surface area (Å²) in [5.41, 5.74) is 0.215. The molecule has 0 spiro atoms. The maximum absolute atomic E-state index is 12.5. The van der Waals surface area contributed by atoms with Gasteiger partial charge in [0.25, 0.3) is 5.91 Å². The molecule has 2 atom stereocenters. The zero-order chi connectivity index (χ0) is 13.9. The minimum Gasteiger partial charge on any atom is -0.396 e. The van der Waals surface area contributed by atoms with E-state index >= 15 is 0 Å². The van der Waals surface area contributed by atoms with E-state index in [9.17, 15) is 4.79 Å². The SMILES string of the molecule is C[C@@H]1COC(C)(CCO)C(=O)N1Cc1ccccc1. The van der Waals surface area contributed by atoms with E-state index < -0.39 is 5.60 Å². The van der Waals surface area contributed by atoms with E-state index in [1.165, 1.54) is 0 Å². The minimum atomic E-state index is -0.893. The number of benzene rings is 1. The molecule has 0 aliphatic carbocycles. The van der Waals surface area contributed by atoms with E-state index in [1.54, 1.807) is 6.92 Å². The van der Waals surface area contributed by atoms with Crippen LogP contribution in [0.15, 0.2) is 30.3 Å². The molecule has 0 aromatic heterocycles. The Morgan fingerprint density at radius 2 is 2.11 bits per heavy atom. The predicted molar refractivity (Wildman–Crippen MR) is 72.5 cm³/mol. The molecule has 0 saturated carbocycles. The number of ether oxygens (including phenoxy) is 1. The van der Waals surface area contributed by atoms with Gasteiger partial charge in [0, 0.05) is 19.6 Å². The van der Waals surface area contributed by atoms with Crippen LogP contribution in [0.1, 0.15) is 25.8 Å². The average Bonchev–Trinajstić information content (AvgIpc) is 2.41. The van der Waals surface area contributed by atoms with Crippen LogP contribution in [-0.4, -0.2) is 40.8 Å². The van der Waals surface area contributed by atoms with Gasteiger partial charge in [-0.3, -0.25) is 4.79 Å². The number of carbonyl (C=O) groups is 1. The zero-order valence-electron chi connectivity index (χ0n) is 11.5. The summed E-state index contributed by atoms with van der Waals surface area (Å²) < 4.78 is 5.65. The molecule has 4 nitrogen and oxygen atoms in total. The van der Waals surface area contributed by atoms with Crippen molar-refractivity contribution in [3.63, 3.8) is 0 Å². The number of rotatable bonds is 4. The van der Waals surface area contributed by atoms with Gasteiger partial charge in [-0.25, -0.2) is 0 Å². The lowest BCUT2D eigenvalue weighted by molar-refractivity contribution is -0.179. The molecule has 1 amide bonds. The van der Waals surface area contributed by atoms with Crippen molar-refractivity contribution < 1.29 is 14.6 Å². The fourth-order valence-corrected chi connectivity index (χ4v) is 2.36. The van der Waals surface area contributed by atoms with Gasteiger partial charge in [-0.1, -0.05) is 30.3 Å². The number of hydrogen-bond acceptors (Lipinski definition) is 3. The average molecular weight is 263 g/mol. The summed E-state index contributed by atoms with van der Waals surface area (Å²) in [5, 5.41) is 9.09. The van der Waals surface area contributed by atoms with Gasteiger partial charge in [0.2, 0.25) is 0 Å². The normalized spacial score (nSPS) is 27.6. The second kappa shape index (κ2) is 5.72. The molecule has 4 heteroatoms. The van der Waals surface area contributed by atoms with E-state index in [1.807, 2.05) is 42.2 Å². The summed E-state index contributed by atoms with van der Waals surface area (Å²) in [4.78, 5) is 14.4.